The van der Waals surface area contributed by atoms with Gasteiger partial charge in [0.1, 0.15) is 10.1 Å². The fourth-order valence-corrected chi connectivity index (χ4v) is 3.69. The quantitative estimate of drug-likeness (QED) is 0.365. The van der Waals surface area contributed by atoms with Crippen molar-refractivity contribution >= 4 is 15.7 Å². The molecule has 0 radical (unpaired) electrons. The third kappa shape index (κ3) is 7.03. The summed E-state index contributed by atoms with van der Waals surface area (Å²) in [6.07, 6.45) is 0. The van der Waals surface area contributed by atoms with Gasteiger partial charge >= 0.3 is 29.6 Å². The average Bonchev–Trinajstić information content (AvgIpc) is 2.80. The second-order valence-corrected chi connectivity index (χ2v) is 7.87. The molecule has 0 heterocycles. The van der Waals surface area contributed by atoms with E-state index in [0.717, 1.165) is 11.1 Å². The van der Waals surface area contributed by atoms with E-state index in [9.17, 15) is 13.0 Å². The van der Waals surface area contributed by atoms with Crippen LogP contribution in [0.1, 0.15) is 11.1 Å². The van der Waals surface area contributed by atoms with Crippen LogP contribution in [0.25, 0.3) is 16.7 Å². The van der Waals surface area contributed by atoms with Gasteiger partial charge in [0.15, 0.2) is 0 Å². The minimum absolute atomic E-state index is 0. The zero-order valence-electron chi connectivity index (χ0n) is 17.3. The Hall–Kier alpha value is -2.47. The molecule has 4 rings (SSSR count). The van der Waals surface area contributed by atoms with Gasteiger partial charge in [0.25, 0.3) is 0 Å². The predicted octanol–water partition coefficient (Wildman–Crippen LogP) is 3.01. The van der Waals surface area contributed by atoms with E-state index in [0.29, 0.717) is 5.56 Å². The molecule has 0 amide bonds. The van der Waals surface area contributed by atoms with Gasteiger partial charge in [-0.3, -0.25) is 0 Å². The third-order valence-electron chi connectivity index (χ3n) is 4.49. The topological polar surface area (TPSA) is 57.2 Å². The van der Waals surface area contributed by atoms with Crippen molar-refractivity contribution in [2.45, 2.75) is 4.90 Å². The summed E-state index contributed by atoms with van der Waals surface area (Å²) in [6, 6.07) is 35.6. The maximum Gasteiger partial charge on any atom is 1.00 e. The standard InChI is InChI=1S/C14H12.C12H10O3S.Na/c1-12(13-8-4-2-5-9-13)14-10-6-3-7-11-14;13-16(14,15)12-9-5-4-8-11(12)10-6-2-1-3-7-10;/h2-11H,1H2;1-9H,(H,13,14,15);/q;;+1/p-1. The van der Waals surface area contributed by atoms with Gasteiger partial charge in [-0.2, -0.15) is 0 Å². The zero-order valence-corrected chi connectivity index (χ0v) is 20.1. The van der Waals surface area contributed by atoms with Crippen LogP contribution in [0.3, 0.4) is 0 Å². The molecule has 0 aliphatic rings. The summed E-state index contributed by atoms with van der Waals surface area (Å²) in [7, 11) is -4.43. The minimum Gasteiger partial charge on any atom is -0.744 e. The van der Waals surface area contributed by atoms with E-state index in [2.05, 4.69) is 30.8 Å². The van der Waals surface area contributed by atoms with Crippen LogP contribution in [-0.2, 0) is 10.1 Å². The summed E-state index contributed by atoms with van der Waals surface area (Å²) >= 11 is 0. The first kappa shape index (κ1) is 24.8. The molecule has 0 N–H and O–H groups in total. The molecule has 0 saturated heterocycles. The van der Waals surface area contributed by atoms with E-state index in [1.807, 2.05) is 42.5 Å². The Morgan fingerprint density at radius 3 is 1.45 bits per heavy atom. The van der Waals surface area contributed by atoms with Crippen molar-refractivity contribution in [1.29, 1.82) is 0 Å². The fraction of sp³-hybridized carbons (Fsp3) is 0. The molecular formula is C26H21NaO3S. The maximum atomic E-state index is 11.1. The van der Waals surface area contributed by atoms with Crippen LogP contribution in [0.4, 0.5) is 0 Å². The number of hydrogen-bond donors (Lipinski definition) is 0. The molecule has 0 aliphatic heterocycles. The molecule has 0 aliphatic carbocycles. The molecular weight excluding hydrogens is 415 g/mol. The molecule has 4 aromatic rings. The molecule has 0 unspecified atom stereocenters. The Labute approximate surface area is 206 Å². The number of benzene rings is 4. The zero-order chi connectivity index (χ0) is 21.4. The molecule has 0 fully saturated rings. The van der Waals surface area contributed by atoms with Gasteiger partial charge in [-0.25, -0.2) is 8.42 Å². The molecule has 0 atom stereocenters. The summed E-state index contributed by atoms with van der Waals surface area (Å²) in [5.41, 5.74) is 4.60. The normalized spacial score (nSPS) is 10.2. The fourth-order valence-electron chi connectivity index (χ4n) is 2.99. The molecule has 150 valence electrons. The van der Waals surface area contributed by atoms with E-state index in [4.69, 9.17) is 0 Å². The van der Waals surface area contributed by atoms with Gasteiger partial charge in [0.2, 0.25) is 0 Å². The Kier molecular flexibility index (Phi) is 9.44. The van der Waals surface area contributed by atoms with Gasteiger partial charge in [0.05, 0.1) is 4.90 Å². The molecule has 0 saturated carbocycles. The van der Waals surface area contributed by atoms with Crippen LogP contribution >= 0.6 is 0 Å². The van der Waals surface area contributed by atoms with Crippen LogP contribution in [0.15, 0.2) is 127 Å². The summed E-state index contributed by atoms with van der Waals surface area (Å²) in [5.74, 6) is 0. The summed E-state index contributed by atoms with van der Waals surface area (Å²) in [4.78, 5) is -0.179. The number of hydrogen-bond acceptors (Lipinski definition) is 3. The third-order valence-corrected chi connectivity index (χ3v) is 5.38. The molecule has 0 spiro atoms. The average molecular weight is 437 g/mol. The SMILES string of the molecule is C=C(c1ccccc1)c1ccccc1.O=S(=O)([O-])c1ccccc1-c1ccccc1.[Na+]. The van der Waals surface area contributed by atoms with Crippen molar-refractivity contribution in [2.24, 2.45) is 0 Å². The van der Waals surface area contributed by atoms with Crippen molar-refractivity contribution in [1.82, 2.24) is 0 Å². The smallest absolute Gasteiger partial charge is 0.744 e. The Morgan fingerprint density at radius 2 is 1.00 bits per heavy atom. The first-order chi connectivity index (χ1) is 14.5. The Balaban J connectivity index is 0.000000215. The van der Waals surface area contributed by atoms with Crippen LogP contribution in [0.2, 0.25) is 0 Å². The van der Waals surface area contributed by atoms with Crippen LogP contribution in [0.5, 0.6) is 0 Å². The van der Waals surface area contributed by atoms with Crippen molar-refractivity contribution in [3.8, 4) is 11.1 Å². The predicted molar refractivity (Wildman–Crippen MR) is 121 cm³/mol. The van der Waals surface area contributed by atoms with Gasteiger partial charge in [-0.15, -0.1) is 0 Å². The van der Waals surface area contributed by atoms with E-state index in [-0.39, 0.29) is 34.5 Å². The van der Waals surface area contributed by atoms with Gasteiger partial charge < -0.3 is 4.55 Å². The molecule has 5 heteroatoms. The Bertz CT molecular complexity index is 1170. The van der Waals surface area contributed by atoms with Crippen LogP contribution < -0.4 is 29.6 Å². The van der Waals surface area contributed by atoms with Crippen molar-refractivity contribution in [3.63, 3.8) is 0 Å². The monoisotopic (exact) mass is 436 g/mol. The minimum atomic E-state index is -4.43. The van der Waals surface area contributed by atoms with Crippen LogP contribution in [0, 0.1) is 0 Å². The molecule has 31 heavy (non-hydrogen) atoms. The Morgan fingerprint density at radius 1 is 0.613 bits per heavy atom. The maximum absolute atomic E-state index is 11.1. The van der Waals surface area contributed by atoms with Crippen molar-refractivity contribution in [3.05, 3.63) is 133 Å². The molecule has 0 bridgehead atoms. The summed E-state index contributed by atoms with van der Waals surface area (Å²) in [6.45, 7) is 4.10. The first-order valence-corrected chi connectivity index (χ1v) is 10.8. The van der Waals surface area contributed by atoms with Crippen molar-refractivity contribution in [2.75, 3.05) is 0 Å². The van der Waals surface area contributed by atoms with E-state index >= 15 is 0 Å². The summed E-state index contributed by atoms with van der Waals surface area (Å²) < 4.78 is 33.2. The second kappa shape index (κ2) is 11.8. The molecule has 0 aromatic heterocycles. The largest absolute Gasteiger partial charge is 1.00 e. The van der Waals surface area contributed by atoms with E-state index < -0.39 is 10.1 Å². The van der Waals surface area contributed by atoms with Gasteiger partial charge in [-0.05, 0) is 33.9 Å². The van der Waals surface area contributed by atoms with E-state index in [1.165, 1.54) is 23.3 Å². The summed E-state index contributed by atoms with van der Waals surface area (Å²) in [5, 5.41) is 0. The first-order valence-electron chi connectivity index (χ1n) is 9.37. The molecule has 4 aromatic carbocycles. The van der Waals surface area contributed by atoms with Crippen molar-refractivity contribution < 1.29 is 42.5 Å². The number of rotatable bonds is 4. The second-order valence-electron chi connectivity index (χ2n) is 6.53. The van der Waals surface area contributed by atoms with E-state index in [1.54, 1.807) is 36.4 Å². The van der Waals surface area contributed by atoms with Gasteiger partial charge in [0, 0.05) is 0 Å². The van der Waals surface area contributed by atoms with Crippen LogP contribution in [-0.4, -0.2) is 13.0 Å². The molecule has 3 nitrogen and oxygen atoms in total. The van der Waals surface area contributed by atoms with Gasteiger partial charge in [-0.1, -0.05) is 116 Å².